The number of allylic oxidation sites excluding steroid dienone is 1. The summed E-state index contributed by atoms with van der Waals surface area (Å²) in [5.74, 6) is 0.866. The zero-order chi connectivity index (χ0) is 17.2. The van der Waals surface area contributed by atoms with Crippen molar-refractivity contribution < 1.29 is 9.84 Å². The van der Waals surface area contributed by atoms with Gasteiger partial charge in [0.05, 0.1) is 10.6 Å². The number of hydrogen-bond acceptors (Lipinski definition) is 5. The van der Waals surface area contributed by atoms with Crippen molar-refractivity contribution in [2.24, 2.45) is 4.99 Å². The van der Waals surface area contributed by atoms with Crippen LogP contribution in [0.5, 0.6) is 11.6 Å². The van der Waals surface area contributed by atoms with E-state index in [1.807, 2.05) is 54.6 Å². The standard InChI is InChI=1S/C19H14N2O2S2/c22-18-17(25-19(24)21-18)8-13-10-20-16-7-6-14(9-15(13)16)23-11-12-4-2-1-3-5-12/h1-10,22H,11H2,(H,21,24)/b13-8+. The summed E-state index contributed by atoms with van der Waals surface area (Å²) in [6, 6.07) is 15.9. The first-order valence-electron chi connectivity index (χ1n) is 7.68. The summed E-state index contributed by atoms with van der Waals surface area (Å²) < 4.78 is 6.43. The number of nitrogens with one attached hydrogen (secondary N) is 1. The minimum Gasteiger partial charge on any atom is -0.494 e. The van der Waals surface area contributed by atoms with Crippen LogP contribution < -0.4 is 4.74 Å². The first-order valence-corrected chi connectivity index (χ1v) is 8.90. The maximum absolute atomic E-state index is 9.88. The smallest absolute Gasteiger partial charge is 0.207 e. The van der Waals surface area contributed by atoms with E-state index in [0.29, 0.717) is 15.4 Å². The average molecular weight is 366 g/mol. The summed E-state index contributed by atoms with van der Waals surface area (Å²) >= 11 is 6.39. The molecule has 0 atom stereocenters. The van der Waals surface area contributed by atoms with Crippen LogP contribution in [-0.2, 0) is 6.61 Å². The van der Waals surface area contributed by atoms with Gasteiger partial charge in [-0.3, -0.25) is 4.99 Å². The predicted octanol–water partition coefficient (Wildman–Crippen LogP) is 5.35. The van der Waals surface area contributed by atoms with Crippen LogP contribution in [0, 0.1) is 3.95 Å². The molecule has 2 N–H and O–H groups in total. The minimum atomic E-state index is 0.0841. The molecule has 6 heteroatoms. The number of H-pyrrole nitrogens is 1. The minimum absolute atomic E-state index is 0.0841. The second-order valence-corrected chi connectivity index (χ2v) is 7.26. The Balaban J connectivity index is 1.60. The number of hydrogen-bond donors (Lipinski definition) is 2. The van der Waals surface area contributed by atoms with Gasteiger partial charge < -0.3 is 14.8 Å². The molecule has 4 nitrogen and oxygen atoms in total. The van der Waals surface area contributed by atoms with Crippen molar-refractivity contribution in [1.82, 2.24) is 4.98 Å². The lowest BCUT2D eigenvalue weighted by Gasteiger charge is -2.08. The quantitative estimate of drug-likeness (QED) is 0.612. The number of benzene rings is 2. The second-order valence-electron chi connectivity index (χ2n) is 5.54. The Hall–Kier alpha value is -2.70. The third kappa shape index (κ3) is 3.40. The summed E-state index contributed by atoms with van der Waals surface area (Å²) in [7, 11) is 0. The monoisotopic (exact) mass is 366 g/mol. The number of ether oxygens (including phenoxy) is 1. The molecule has 1 aliphatic rings. The fourth-order valence-corrected chi connectivity index (χ4v) is 3.63. The number of aromatic amines is 1. The molecular formula is C19H14N2O2S2. The van der Waals surface area contributed by atoms with Gasteiger partial charge in [-0.2, -0.15) is 0 Å². The summed E-state index contributed by atoms with van der Waals surface area (Å²) in [6.07, 6.45) is 3.66. The molecule has 0 aliphatic carbocycles. The summed E-state index contributed by atoms with van der Waals surface area (Å²) in [6.45, 7) is 0.513. The largest absolute Gasteiger partial charge is 0.494 e. The molecule has 0 spiro atoms. The zero-order valence-electron chi connectivity index (χ0n) is 13.1. The highest BCUT2D eigenvalue weighted by atomic mass is 32.1. The Bertz CT molecular complexity index is 1030. The van der Waals surface area contributed by atoms with Gasteiger partial charge in [0.1, 0.15) is 12.4 Å². The van der Waals surface area contributed by atoms with E-state index in [4.69, 9.17) is 17.0 Å². The first-order chi connectivity index (χ1) is 12.2. The average Bonchev–Trinajstić information content (AvgIpc) is 3.17. The summed E-state index contributed by atoms with van der Waals surface area (Å²) in [5.41, 5.74) is 3.90. The van der Waals surface area contributed by atoms with Crippen molar-refractivity contribution in [3.63, 3.8) is 0 Å². The highest BCUT2D eigenvalue weighted by Gasteiger charge is 2.15. The summed E-state index contributed by atoms with van der Waals surface area (Å²) in [4.78, 5) is 7.83. The third-order valence-corrected chi connectivity index (χ3v) is 4.98. The molecule has 25 heavy (non-hydrogen) atoms. The fraction of sp³-hybridized carbons (Fsp3) is 0.0526. The first kappa shape index (κ1) is 15.8. The molecule has 1 aromatic heterocycles. The van der Waals surface area contributed by atoms with E-state index >= 15 is 0 Å². The highest BCUT2D eigenvalue weighted by molar-refractivity contribution is 7.73. The number of aromatic nitrogens is 1. The molecule has 3 aromatic rings. The van der Waals surface area contributed by atoms with Crippen molar-refractivity contribution in [3.8, 4) is 11.6 Å². The van der Waals surface area contributed by atoms with Crippen LogP contribution in [0.2, 0.25) is 0 Å². The van der Waals surface area contributed by atoms with Crippen molar-refractivity contribution >= 4 is 47.1 Å². The molecule has 0 unspecified atom stereocenters. The Morgan fingerprint density at radius 2 is 2.04 bits per heavy atom. The highest BCUT2D eigenvalue weighted by Crippen LogP contribution is 2.37. The van der Waals surface area contributed by atoms with Crippen molar-refractivity contribution in [3.05, 3.63) is 68.5 Å². The van der Waals surface area contributed by atoms with E-state index in [-0.39, 0.29) is 5.88 Å². The number of thiazole rings is 1. The van der Waals surface area contributed by atoms with Gasteiger partial charge in [-0.05, 0) is 42.1 Å². The van der Waals surface area contributed by atoms with Gasteiger partial charge >= 0.3 is 0 Å². The SMILES string of the molecule is Oc1[nH]c(=S)sc1/C=C1\C=Nc2ccc(OCc3ccccc3)cc21. The number of rotatable bonds is 4. The van der Waals surface area contributed by atoms with Gasteiger partial charge in [0, 0.05) is 17.4 Å². The van der Waals surface area contributed by atoms with Crippen LogP contribution in [-0.4, -0.2) is 16.3 Å². The molecule has 0 radical (unpaired) electrons. The lowest BCUT2D eigenvalue weighted by Crippen LogP contribution is -1.95. The molecule has 4 rings (SSSR count). The normalized spacial score (nSPS) is 14.0. The Kier molecular flexibility index (Phi) is 4.21. The number of aliphatic imine (C=N–C) groups is 1. The summed E-state index contributed by atoms with van der Waals surface area (Å²) in [5, 5.41) is 9.88. The van der Waals surface area contributed by atoms with Crippen molar-refractivity contribution in [2.75, 3.05) is 0 Å². The molecular weight excluding hydrogens is 352 g/mol. The Labute approximate surface area is 153 Å². The van der Waals surface area contributed by atoms with Crippen LogP contribution in [0.3, 0.4) is 0 Å². The van der Waals surface area contributed by atoms with Gasteiger partial charge in [-0.15, -0.1) is 11.3 Å². The van der Waals surface area contributed by atoms with E-state index in [9.17, 15) is 5.11 Å². The molecule has 0 saturated heterocycles. The van der Waals surface area contributed by atoms with E-state index < -0.39 is 0 Å². The molecule has 0 fully saturated rings. The second kappa shape index (κ2) is 6.66. The van der Waals surface area contributed by atoms with E-state index in [0.717, 1.165) is 28.1 Å². The van der Waals surface area contributed by atoms with Gasteiger partial charge in [-0.1, -0.05) is 30.3 Å². The fourth-order valence-electron chi connectivity index (χ4n) is 2.58. The Morgan fingerprint density at radius 3 is 2.80 bits per heavy atom. The van der Waals surface area contributed by atoms with Crippen LogP contribution in [0.4, 0.5) is 5.69 Å². The maximum atomic E-state index is 9.88. The van der Waals surface area contributed by atoms with Crippen LogP contribution in [0.15, 0.2) is 53.5 Å². The lowest BCUT2D eigenvalue weighted by molar-refractivity contribution is 0.306. The number of fused-ring (bicyclic) bond motifs is 1. The van der Waals surface area contributed by atoms with Crippen LogP contribution >= 0.6 is 23.6 Å². The number of nitrogens with zero attached hydrogens (tertiary/aromatic N) is 1. The maximum Gasteiger partial charge on any atom is 0.207 e. The molecule has 0 saturated carbocycles. The van der Waals surface area contributed by atoms with Gasteiger partial charge in [0.2, 0.25) is 5.88 Å². The molecule has 2 heterocycles. The van der Waals surface area contributed by atoms with Gasteiger partial charge in [0.25, 0.3) is 0 Å². The van der Waals surface area contributed by atoms with E-state index in [1.54, 1.807) is 6.21 Å². The molecule has 0 amide bonds. The molecule has 1 aliphatic heterocycles. The van der Waals surface area contributed by atoms with E-state index in [1.165, 1.54) is 11.3 Å². The van der Waals surface area contributed by atoms with Gasteiger partial charge in [0.15, 0.2) is 3.95 Å². The van der Waals surface area contributed by atoms with Crippen LogP contribution in [0.1, 0.15) is 16.0 Å². The zero-order valence-corrected chi connectivity index (χ0v) is 14.7. The molecule has 124 valence electrons. The van der Waals surface area contributed by atoms with Crippen molar-refractivity contribution in [1.29, 1.82) is 0 Å². The van der Waals surface area contributed by atoms with Gasteiger partial charge in [-0.25, -0.2) is 0 Å². The van der Waals surface area contributed by atoms with E-state index in [2.05, 4.69) is 9.98 Å². The Morgan fingerprint density at radius 1 is 1.20 bits per heavy atom. The predicted molar refractivity (Wildman–Crippen MR) is 104 cm³/mol. The molecule has 2 aromatic carbocycles. The molecule has 0 bridgehead atoms. The number of aromatic hydroxyl groups is 1. The topological polar surface area (TPSA) is 57.6 Å². The lowest BCUT2D eigenvalue weighted by atomic mass is 10.1. The van der Waals surface area contributed by atoms with Crippen molar-refractivity contribution in [2.45, 2.75) is 6.61 Å². The third-order valence-electron chi connectivity index (χ3n) is 3.81. The van der Waals surface area contributed by atoms with Crippen LogP contribution in [0.25, 0.3) is 11.6 Å².